The number of amides is 1. The smallest absolute Gasteiger partial charge is 0.309 e. The van der Waals surface area contributed by atoms with Gasteiger partial charge in [0.1, 0.15) is 0 Å². The van der Waals surface area contributed by atoms with Crippen LogP contribution in [0.5, 0.6) is 0 Å². The molecule has 0 aliphatic carbocycles. The Morgan fingerprint density at radius 1 is 1.37 bits per heavy atom. The van der Waals surface area contributed by atoms with Gasteiger partial charge in [0, 0.05) is 6.54 Å². The molecule has 0 aromatic heterocycles. The van der Waals surface area contributed by atoms with Gasteiger partial charge in [-0.1, -0.05) is 13.3 Å². The largest absolute Gasteiger partial charge is 0.481 e. The molecule has 1 saturated heterocycles. The molecule has 1 unspecified atom stereocenters. The lowest BCUT2D eigenvalue weighted by atomic mass is 9.80. The molecule has 5 heteroatoms. The fraction of sp³-hybridized carbons (Fsp3) is 0.857. The summed E-state index contributed by atoms with van der Waals surface area (Å²) < 4.78 is 0. The maximum Gasteiger partial charge on any atom is 0.309 e. The monoisotopic (exact) mass is 270 g/mol. The average molecular weight is 270 g/mol. The molecule has 1 heterocycles. The quantitative estimate of drug-likeness (QED) is 0.717. The number of hydrogen-bond donors (Lipinski definition) is 2. The highest BCUT2D eigenvalue weighted by atomic mass is 16.4. The first-order valence-corrected chi connectivity index (χ1v) is 7.16. The topological polar surface area (TPSA) is 69.6 Å². The maximum atomic E-state index is 11.9. The third kappa shape index (κ3) is 4.20. The lowest BCUT2D eigenvalue weighted by Gasteiger charge is -2.38. The molecule has 1 fully saturated rings. The Morgan fingerprint density at radius 3 is 2.42 bits per heavy atom. The van der Waals surface area contributed by atoms with Gasteiger partial charge in [-0.3, -0.25) is 14.5 Å². The van der Waals surface area contributed by atoms with Crippen molar-refractivity contribution in [3.63, 3.8) is 0 Å². The number of likely N-dealkylation sites (tertiary alicyclic amines) is 1. The Hall–Kier alpha value is -1.10. The van der Waals surface area contributed by atoms with Gasteiger partial charge in [-0.15, -0.1) is 0 Å². The minimum atomic E-state index is -0.729. The molecule has 0 aromatic rings. The standard InChI is InChI=1S/C14H26N2O3/c1-4-5-8-15-12(17)11(2)16-9-6-14(3,7-10-16)13(18)19/h11H,4-10H2,1-3H3,(H,15,17)(H,18,19). The summed E-state index contributed by atoms with van der Waals surface area (Å²) in [4.78, 5) is 25.2. The summed E-state index contributed by atoms with van der Waals surface area (Å²) >= 11 is 0. The van der Waals surface area contributed by atoms with Crippen LogP contribution in [0.4, 0.5) is 0 Å². The molecule has 1 rings (SSSR count). The molecule has 19 heavy (non-hydrogen) atoms. The van der Waals surface area contributed by atoms with Gasteiger partial charge in [0.05, 0.1) is 11.5 Å². The Kier molecular flexibility index (Phi) is 5.79. The number of aliphatic carboxylic acids is 1. The van der Waals surface area contributed by atoms with E-state index < -0.39 is 11.4 Å². The minimum absolute atomic E-state index is 0.0485. The van der Waals surface area contributed by atoms with Gasteiger partial charge >= 0.3 is 5.97 Å². The van der Waals surface area contributed by atoms with Crippen LogP contribution in [0.25, 0.3) is 0 Å². The molecule has 2 N–H and O–H groups in total. The molecular formula is C14H26N2O3. The molecule has 0 radical (unpaired) electrons. The van der Waals surface area contributed by atoms with Crippen molar-refractivity contribution in [3.05, 3.63) is 0 Å². The summed E-state index contributed by atoms with van der Waals surface area (Å²) in [5.41, 5.74) is -0.630. The lowest BCUT2D eigenvalue weighted by molar-refractivity contribution is -0.151. The second kappa shape index (κ2) is 6.89. The summed E-state index contributed by atoms with van der Waals surface area (Å²) in [5, 5.41) is 12.1. The van der Waals surface area contributed by atoms with Crippen LogP contribution in [-0.2, 0) is 9.59 Å². The van der Waals surface area contributed by atoms with Crippen molar-refractivity contribution >= 4 is 11.9 Å². The second-order valence-corrected chi connectivity index (χ2v) is 5.72. The molecule has 0 bridgehead atoms. The van der Waals surface area contributed by atoms with Crippen molar-refractivity contribution in [3.8, 4) is 0 Å². The van der Waals surface area contributed by atoms with Gasteiger partial charge in [0.25, 0.3) is 0 Å². The molecular weight excluding hydrogens is 244 g/mol. The third-order valence-corrected chi connectivity index (χ3v) is 4.17. The average Bonchev–Trinajstić information content (AvgIpc) is 2.39. The van der Waals surface area contributed by atoms with Gasteiger partial charge in [-0.2, -0.15) is 0 Å². The number of carbonyl (C=O) groups is 2. The fourth-order valence-corrected chi connectivity index (χ4v) is 2.32. The van der Waals surface area contributed by atoms with Gasteiger partial charge in [0.15, 0.2) is 0 Å². The predicted molar refractivity (Wildman–Crippen MR) is 73.9 cm³/mol. The van der Waals surface area contributed by atoms with Crippen LogP contribution in [0, 0.1) is 5.41 Å². The number of carboxylic acid groups (broad SMARTS) is 1. The number of carbonyl (C=O) groups excluding carboxylic acids is 1. The van der Waals surface area contributed by atoms with Crippen molar-refractivity contribution in [2.75, 3.05) is 19.6 Å². The van der Waals surface area contributed by atoms with E-state index in [1.807, 2.05) is 6.92 Å². The molecule has 5 nitrogen and oxygen atoms in total. The number of rotatable bonds is 6. The summed E-state index contributed by atoms with van der Waals surface area (Å²) in [6, 6.07) is -0.171. The van der Waals surface area contributed by atoms with Crippen molar-refractivity contribution in [1.29, 1.82) is 0 Å². The lowest BCUT2D eigenvalue weighted by Crippen LogP contribution is -2.51. The molecule has 1 aliphatic rings. The Balaban J connectivity index is 2.42. The predicted octanol–water partition coefficient (Wildman–Crippen LogP) is 1.48. The van der Waals surface area contributed by atoms with Crippen molar-refractivity contribution in [1.82, 2.24) is 10.2 Å². The number of nitrogens with zero attached hydrogens (tertiary/aromatic N) is 1. The Morgan fingerprint density at radius 2 is 1.95 bits per heavy atom. The first kappa shape index (κ1) is 16.0. The highest BCUT2D eigenvalue weighted by Gasteiger charge is 2.38. The summed E-state index contributed by atoms with van der Waals surface area (Å²) in [7, 11) is 0. The van der Waals surface area contributed by atoms with Crippen LogP contribution in [0.3, 0.4) is 0 Å². The van der Waals surface area contributed by atoms with Crippen molar-refractivity contribution < 1.29 is 14.7 Å². The molecule has 1 amide bonds. The van der Waals surface area contributed by atoms with Crippen LogP contribution in [0.1, 0.15) is 46.5 Å². The van der Waals surface area contributed by atoms with E-state index in [2.05, 4.69) is 17.1 Å². The minimum Gasteiger partial charge on any atom is -0.481 e. The van der Waals surface area contributed by atoms with Gasteiger partial charge < -0.3 is 10.4 Å². The summed E-state index contributed by atoms with van der Waals surface area (Å²) in [6.45, 7) is 7.84. The van der Waals surface area contributed by atoms with E-state index in [-0.39, 0.29) is 11.9 Å². The van der Waals surface area contributed by atoms with E-state index >= 15 is 0 Å². The number of carboxylic acids is 1. The van der Waals surface area contributed by atoms with Crippen LogP contribution in [-0.4, -0.2) is 47.6 Å². The number of nitrogens with one attached hydrogen (secondary N) is 1. The van der Waals surface area contributed by atoms with Crippen LogP contribution >= 0.6 is 0 Å². The van der Waals surface area contributed by atoms with E-state index in [1.54, 1.807) is 6.92 Å². The molecule has 1 aliphatic heterocycles. The highest BCUT2D eigenvalue weighted by molar-refractivity contribution is 5.81. The van der Waals surface area contributed by atoms with Gasteiger partial charge in [0.2, 0.25) is 5.91 Å². The van der Waals surface area contributed by atoms with Crippen LogP contribution in [0.2, 0.25) is 0 Å². The maximum absolute atomic E-state index is 11.9. The van der Waals surface area contributed by atoms with E-state index in [1.165, 1.54) is 0 Å². The summed E-state index contributed by atoms with van der Waals surface area (Å²) in [6.07, 6.45) is 3.27. The van der Waals surface area contributed by atoms with E-state index in [4.69, 9.17) is 0 Å². The fourth-order valence-electron chi connectivity index (χ4n) is 2.32. The molecule has 0 aromatic carbocycles. The van der Waals surface area contributed by atoms with Gasteiger partial charge in [-0.25, -0.2) is 0 Å². The molecule has 110 valence electrons. The SMILES string of the molecule is CCCCNC(=O)C(C)N1CCC(C)(C(=O)O)CC1. The molecule has 1 atom stereocenters. The normalized spacial score (nSPS) is 20.8. The van der Waals surface area contributed by atoms with E-state index in [0.717, 1.165) is 19.4 Å². The zero-order valence-electron chi connectivity index (χ0n) is 12.2. The Bertz CT molecular complexity index is 323. The second-order valence-electron chi connectivity index (χ2n) is 5.72. The van der Waals surface area contributed by atoms with Gasteiger partial charge in [-0.05, 0) is 46.2 Å². The summed E-state index contributed by atoms with van der Waals surface area (Å²) in [5.74, 6) is -0.681. The zero-order valence-corrected chi connectivity index (χ0v) is 12.2. The Labute approximate surface area is 115 Å². The first-order chi connectivity index (χ1) is 8.90. The van der Waals surface area contributed by atoms with Crippen LogP contribution < -0.4 is 5.32 Å². The number of piperidine rings is 1. The highest BCUT2D eigenvalue weighted by Crippen LogP contribution is 2.31. The molecule has 0 saturated carbocycles. The number of unbranched alkanes of at least 4 members (excludes halogenated alkanes) is 1. The van der Waals surface area contributed by atoms with E-state index in [0.29, 0.717) is 25.9 Å². The molecule has 0 spiro atoms. The number of hydrogen-bond acceptors (Lipinski definition) is 3. The zero-order chi connectivity index (χ0) is 14.5. The van der Waals surface area contributed by atoms with E-state index in [9.17, 15) is 14.7 Å². The van der Waals surface area contributed by atoms with Crippen LogP contribution in [0.15, 0.2) is 0 Å². The first-order valence-electron chi connectivity index (χ1n) is 7.16. The third-order valence-electron chi connectivity index (χ3n) is 4.17. The van der Waals surface area contributed by atoms with Crippen molar-refractivity contribution in [2.24, 2.45) is 5.41 Å². The van der Waals surface area contributed by atoms with Crippen molar-refractivity contribution in [2.45, 2.75) is 52.5 Å².